The van der Waals surface area contributed by atoms with E-state index in [4.69, 9.17) is 9.47 Å². The zero-order valence-corrected chi connectivity index (χ0v) is 18.8. The summed E-state index contributed by atoms with van der Waals surface area (Å²) >= 11 is 0. The number of ether oxygens (including phenoxy) is 2. The SMILES string of the molecule is CN(CCOc1cccc(CNC(=O)Cc2cccc3ccccc23)c1)C1CCOCC1. The van der Waals surface area contributed by atoms with E-state index >= 15 is 0 Å². The van der Waals surface area contributed by atoms with Gasteiger partial charge in [0.25, 0.3) is 0 Å². The van der Waals surface area contributed by atoms with E-state index in [1.54, 1.807) is 0 Å². The van der Waals surface area contributed by atoms with Crippen LogP contribution in [-0.4, -0.2) is 50.3 Å². The zero-order chi connectivity index (χ0) is 22.2. The number of likely N-dealkylation sites (N-methyl/N-ethyl adjacent to an activating group) is 1. The zero-order valence-electron chi connectivity index (χ0n) is 18.8. The Balaban J connectivity index is 1.25. The topological polar surface area (TPSA) is 50.8 Å². The van der Waals surface area contributed by atoms with Crippen molar-refractivity contribution in [1.82, 2.24) is 10.2 Å². The third-order valence-corrected chi connectivity index (χ3v) is 6.15. The van der Waals surface area contributed by atoms with Crippen molar-refractivity contribution in [3.05, 3.63) is 77.9 Å². The van der Waals surface area contributed by atoms with Crippen LogP contribution in [0.5, 0.6) is 5.75 Å². The maximum Gasteiger partial charge on any atom is 0.224 e. The molecule has 0 aliphatic carbocycles. The predicted molar refractivity (Wildman–Crippen MR) is 128 cm³/mol. The molecule has 0 atom stereocenters. The van der Waals surface area contributed by atoms with Crippen molar-refractivity contribution in [2.75, 3.05) is 33.4 Å². The van der Waals surface area contributed by atoms with E-state index in [0.29, 0.717) is 25.6 Å². The number of hydrogen-bond acceptors (Lipinski definition) is 4. The summed E-state index contributed by atoms with van der Waals surface area (Å²) in [6.07, 6.45) is 2.55. The Labute approximate surface area is 190 Å². The standard InChI is InChI=1S/C27H32N2O3/c1-29(24-12-15-31-16-13-24)14-17-32-25-10-4-6-21(18-25)20-28-27(30)19-23-9-5-8-22-7-2-3-11-26(22)23/h2-11,18,24H,12-17,19-20H2,1H3,(H,28,30). The lowest BCUT2D eigenvalue weighted by Gasteiger charge is -2.31. The van der Waals surface area contributed by atoms with Crippen molar-refractivity contribution in [3.63, 3.8) is 0 Å². The molecule has 3 aromatic rings. The monoisotopic (exact) mass is 432 g/mol. The van der Waals surface area contributed by atoms with Crippen LogP contribution in [0.15, 0.2) is 66.7 Å². The molecule has 1 saturated heterocycles. The van der Waals surface area contributed by atoms with Crippen LogP contribution in [0, 0.1) is 0 Å². The van der Waals surface area contributed by atoms with Crippen molar-refractivity contribution >= 4 is 16.7 Å². The highest BCUT2D eigenvalue weighted by Crippen LogP contribution is 2.19. The van der Waals surface area contributed by atoms with Crippen LogP contribution in [0.25, 0.3) is 10.8 Å². The molecule has 1 amide bonds. The number of nitrogens with one attached hydrogen (secondary N) is 1. The number of carbonyl (C=O) groups is 1. The summed E-state index contributed by atoms with van der Waals surface area (Å²) in [4.78, 5) is 14.9. The average molecular weight is 433 g/mol. The molecule has 1 aliphatic rings. The van der Waals surface area contributed by atoms with Gasteiger partial charge in [0.1, 0.15) is 12.4 Å². The number of hydrogen-bond donors (Lipinski definition) is 1. The molecule has 5 nitrogen and oxygen atoms in total. The summed E-state index contributed by atoms with van der Waals surface area (Å²) in [5, 5.41) is 5.33. The molecule has 1 N–H and O–H groups in total. The normalized spacial score (nSPS) is 14.6. The van der Waals surface area contributed by atoms with Crippen LogP contribution in [0.2, 0.25) is 0 Å². The highest BCUT2D eigenvalue weighted by molar-refractivity contribution is 5.90. The van der Waals surface area contributed by atoms with Crippen LogP contribution in [-0.2, 0) is 22.5 Å². The van der Waals surface area contributed by atoms with Crippen LogP contribution in [0.1, 0.15) is 24.0 Å². The molecular weight excluding hydrogens is 400 g/mol. The van der Waals surface area contributed by atoms with Crippen LogP contribution < -0.4 is 10.1 Å². The lowest BCUT2D eigenvalue weighted by atomic mass is 10.0. The van der Waals surface area contributed by atoms with Crippen LogP contribution in [0.4, 0.5) is 0 Å². The Morgan fingerprint density at radius 1 is 1.06 bits per heavy atom. The van der Waals surface area contributed by atoms with Gasteiger partial charge in [-0.05, 0) is 53.9 Å². The Morgan fingerprint density at radius 2 is 1.84 bits per heavy atom. The molecule has 1 heterocycles. The van der Waals surface area contributed by atoms with Gasteiger partial charge in [0.2, 0.25) is 5.91 Å². The predicted octanol–water partition coefficient (Wildman–Crippen LogP) is 4.19. The first-order valence-electron chi connectivity index (χ1n) is 11.4. The molecule has 4 rings (SSSR count). The second-order valence-electron chi connectivity index (χ2n) is 8.41. The molecule has 0 aromatic heterocycles. The molecule has 1 fully saturated rings. The quantitative estimate of drug-likeness (QED) is 0.551. The number of benzene rings is 3. The van der Waals surface area contributed by atoms with E-state index in [9.17, 15) is 4.79 Å². The highest BCUT2D eigenvalue weighted by Gasteiger charge is 2.18. The van der Waals surface area contributed by atoms with E-state index in [0.717, 1.165) is 60.2 Å². The number of fused-ring (bicyclic) bond motifs is 1. The van der Waals surface area contributed by atoms with Gasteiger partial charge in [-0.15, -0.1) is 0 Å². The van der Waals surface area contributed by atoms with Gasteiger partial charge in [-0.2, -0.15) is 0 Å². The lowest BCUT2D eigenvalue weighted by molar-refractivity contribution is -0.120. The van der Waals surface area contributed by atoms with Crippen LogP contribution >= 0.6 is 0 Å². The third kappa shape index (κ3) is 6.09. The van der Waals surface area contributed by atoms with Crippen LogP contribution in [0.3, 0.4) is 0 Å². The summed E-state index contributed by atoms with van der Waals surface area (Å²) in [6.45, 7) is 3.72. The van der Waals surface area contributed by atoms with E-state index in [-0.39, 0.29) is 5.91 Å². The second-order valence-corrected chi connectivity index (χ2v) is 8.41. The van der Waals surface area contributed by atoms with Gasteiger partial charge in [-0.3, -0.25) is 9.69 Å². The Kier molecular flexibility index (Phi) is 7.75. The first kappa shape index (κ1) is 22.3. The molecule has 0 radical (unpaired) electrons. The minimum absolute atomic E-state index is 0.0192. The smallest absolute Gasteiger partial charge is 0.224 e. The Morgan fingerprint density at radius 3 is 2.72 bits per heavy atom. The van der Waals surface area contributed by atoms with Crippen molar-refractivity contribution in [2.24, 2.45) is 0 Å². The van der Waals surface area contributed by atoms with Gasteiger partial charge < -0.3 is 14.8 Å². The number of rotatable bonds is 9. The van der Waals surface area contributed by atoms with E-state index in [2.05, 4.69) is 35.5 Å². The van der Waals surface area contributed by atoms with Crippen molar-refractivity contribution in [1.29, 1.82) is 0 Å². The van der Waals surface area contributed by atoms with Crippen molar-refractivity contribution < 1.29 is 14.3 Å². The van der Waals surface area contributed by atoms with Gasteiger partial charge in [0, 0.05) is 32.3 Å². The molecule has 3 aromatic carbocycles. The fourth-order valence-corrected chi connectivity index (χ4v) is 4.24. The second kappa shape index (κ2) is 11.1. The maximum absolute atomic E-state index is 12.6. The summed E-state index contributed by atoms with van der Waals surface area (Å²) in [6, 6.07) is 22.8. The summed E-state index contributed by atoms with van der Waals surface area (Å²) in [5.74, 6) is 0.858. The fraction of sp³-hybridized carbons (Fsp3) is 0.370. The molecule has 1 aliphatic heterocycles. The molecule has 5 heteroatoms. The third-order valence-electron chi connectivity index (χ3n) is 6.15. The first-order valence-corrected chi connectivity index (χ1v) is 11.4. The summed E-state index contributed by atoms with van der Waals surface area (Å²) in [7, 11) is 2.15. The summed E-state index contributed by atoms with van der Waals surface area (Å²) < 4.78 is 11.4. The minimum atomic E-state index is 0.0192. The number of nitrogens with zero attached hydrogens (tertiary/aromatic N) is 1. The Bertz CT molecular complexity index is 1020. The largest absolute Gasteiger partial charge is 0.492 e. The lowest BCUT2D eigenvalue weighted by Crippen LogP contribution is -2.38. The van der Waals surface area contributed by atoms with Gasteiger partial charge in [0.05, 0.1) is 6.42 Å². The highest BCUT2D eigenvalue weighted by atomic mass is 16.5. The molecule has 0 unspecified atom stereocenters. The molecule has 0 bridgehead atoms. The average Bonchev–Trinajstić information content (AvgIpc) is 2.84. The molecule has 168 valence electrons. The number of carbonyl (C=O) groups excluding carboxylic acids is 1. The number of amides is 1. The molecular formula is C27H32N2O3. The molecule has 0 saturated carbocycles. The van der Waals surface area contributed by atoms with Gasteiger partial charge in [-0.1, -0.05) is 54.6 Å². The van der Waals surface area contributed by atoms with E-state index in [1.807, 2.05) is 48.5 Å². The summed E-state index contributed by atoms with van der Waals surface area (Å²) in [5.41, 5.74) is 2.08. The maximum atomic E-state index is 12.6. The van der Waals surface area contributed by atoms with E-state index in [1.165, 1.54) is 0 Å². The fourth-order valence-electron chi connectivity index (χ4n) is 4.24. The Hall–Kier alpha value is -2.89. The van der Waals surface area contributed by atoms with Crippen molar-refractivity contribution in [3.8, 4) is 5.75 Å². The first-order chi connectivity index (χ1) is 15.7. The van der Waals surface area contributed by atoms with Gasteiger partial charge in [-0.25, -0.2) is 0 Å². The van der Waals surface area contributed by atoms with Crippen molar-refractivity contribution in [2.45, 2.75) is 31.8 Å². The molecule has 0 spiro atoms. The minimum Gasteiger partial charge on any atom is -0.492 e. The van der Waals surface area contributed by atoms with Gasteiger partial charge in [0.15, 0.2) is 0 Å². The van der Waals surface area contributed by atoms with E-state index < -0.39 is 0 Å². The molecule has 32 heavy (non-hydrogen) atoms. The van der Waals surface area contributed by atoms with Gasteiger partial charge >= 0.3 is 0 Å².